The van der Waals surface area contributed by atoms with Crippen LogP contribution in [0.4, 0.5) is 0 Å². The molecule has 0 aliphatic rings. The number of hydrogen-bond acceptors (Lipinski definition) is 1. The summed E-state index contributed by atoms with van der Waals surface area (Å²) >= 11 is 6.55. The van der Waals surface area contributed by atoms with Crippen LogP contribution in [-0.2, 0) is 3.07 Å². The quantitative estimate of drug-likeness (QED) is 0.398. The van der Waals surface area contributed by atoms with E-state index in [9.17, 15) is 0 Å². The maximum absolute atomic E-state index is 5.39. The third-order valence-electron chi connectivity index (χ3n) is 0.630. The predicted molar refractivity (Wildman–Crippen MR) is 35.3 cm³/mol. The molecule has 0 saturated heterocycles. The van der Waals surface area contributed by atoms with Crippen molar-refractivity contribution in [2.24, 2.45) is 0 Å². The summed E-state index contributed by atoms with van der Waals surface area (Å²) in [5.74, 6) is 0.763. The molecule has 0 rings (SSSR count). The van der Waals surface area contributed by atoms with E-state index < -0.39 is 0 Å². The number of rotatable bonds is 4. The van der Waals surface area contributed by atoms with Gasteiger partial charge in [0.25, 0.3) is 0 Å². The Morgan fingerprint density at radius 1 is 1.38 bits per heavy atom. The molecule has 0 unspecified atom stereocenters. The Bertz CT molecular complexity index is 33.2. The van der Waals surface area contributed by atoms with E-state index >= 15 is 0 Å². The first-order valence-corrected chi connectivity index (χ1v) is 3.96. The summed E-state index contributed by atoms with van der Waals surface area (Å²) < 4.78 is 4.88. The van der Waals surface area contributed by atoms with Gasteiger partial charge in [-0.1, -0.05) is 0 Å². The molecule has 8 heavy (non-hydrogen) atoms. The molecule has 0 aliphatic heterocycles. The molecule has 3 radical (unpaired) electrons. The second-order valence-electron chi connectivity index (χ2n) is 1.24. The van der Waals surface area contributed by atoms with Crippen molar-refractivity contribution in [1.82, 2.24) is 0 Å². The molecule has 4 heteroatoms. The van der Waals surface area contributed by atoms with Crippen molar-refractivity contribution in [2.75, 3.05) is 12.5 Å². The van der Waals surface area contributed by atoms with Gasteiger partial charge < -0.3 is 5.48 Å². The predicted octanol–water partition coefficient (Wildman–Crippen LogP) is 0.281. The molecule has 0 atom stereocenters. The molecule has 0 fully saturated rings. The third-order valence-corrected chi connectivity index (χ3v) is 1.48. The third kappa shape index (κ3) is 10.1. The van der Waals surface area contributed by atoms with E-state index in [0.717, 1.165) is 48.3 Å². The van der Waals surface area contributed by atoms with E-state index in [1.165, 1.54) is 0 Å². The van der Waals surface area contributed by atoms with Crippen molar-refractivity contribution >= 4 is 34.5 Å². The van der Waals surface area contributed by atoms with Crippen LogP contribution in [0.25, 0.3) is 0 Å². The Balaban J connectivity index is 0. The Labute approximate surface area is 68.5 Å². The van der Waals surface area contributed by atoms with E-state index in [1.807, 2.05) is 0 Å². The van der Waals surface area contributed by atoms with Gasteiger partial charge in [0, 0.05) is 0 Å². The van der Waals surface area contributed by atoms with Crippen molar-refractivity contribution in [2.45, 2.75) is 12.8 Å². The SMILES string of the molecule is ClCCCC[O][Sn].O. The van der Waals surface area contributed by atoms with Crippen LogP contribution in [0.3, 0.4) is 0 Å². The molecule has 0 aromatic carbocycles. The minimum atomic E-state index is 0. The van der Waals surface area contributed by atoms with E-state index in [4.69, 9.17) is 14.7 Å². The average molecular weight is 244 g/mol. The summed E-state index contributed by atoms with van der Waals surface area (Å²) in [5.41, 5.74) is 0. The van der Waals surface area contributed by atoms with E-state index in [1.54, 1.807) is 0 Å². The second kappa shape index (κ2) is 10.9. The van der Waals surface area contributed by atoms with Gasteiger partial charge in [0.05, 0.1) is 0 Å². The molecule has 0 spiro atoms. The van der Waals surface area contributed by atoms with Crippen LogP contribution >= 0.6 is 11.6 Å². The van der Waals surface area contributed by atoms with Gasteiger partial charge >= 0.3 is 62.9 Å². The average Bonchev–Trinajstić information content (AvgIpc) is 1.69. The second-order valence-corrected chi connectivity index (χ2v) is 2.45. The normalized spacial score (nSPS) is 8.25. The van der Waals surface area contributed by atoms with Gasteiger partial charge in [-0.3, -0.25) is 0 Å². The topological polar surface area (TPSA) is 40.7 Å². The van der Waals surface area contributed by atoms with Crippen LogP contribution in [0.15, 0.2) is 0 Å². The molecule has 0 bridgehead atoms. The number of unbranched alkanes of at least 4 members (excludes halogenated alkanes) is 1. The minimum Gasteiger partial charge on any atom is -0.412 e. The van der Waals surface area contributed by atoms with E-state index in [-0.39, 0.29) is 5.48 Å². The standard InChI is InChI=1S/C4H8ClO.H2O.Sn/c5-3-1-2-4-6;;/h1-4H2;1H2;/q-1;;+1. The molecule has 2 N–H and O–H groups in total. The van der Waals surface area contributed by atoms with Crippen LogP contribution in [0.1, 0.15) is 12.8 Å². The molecule has 0 aromatic rings. The molecular formula is C4H10ClO2Sn. The van der Waals surface area contributed by atoms with Gasteiger partial charge in [0.2, 0.25) is 0 Å². The number of alkyl halides is 1. The van der Waals surface area contributed by atoms with Gasteiger partial charge in [-0.2, -0.15) is 0 Å². The Kier molecular flexibility index (Phi) is 16.0. The van der Waals surface area contributed by atoms with Crippen molar-refractivity contribution < 1.29 is 8.55 Å². The zero-order valence-corrected chi connectivity index (χ0v) is 8.22. The van der Waals surface area contributed by atoms with Gasteiger partial charge in [-0.05, 0) is 0 Å². The maximum atomic E-state index is 5.39. The number of hydrogen-bond donors (Lipinski definition) is 0. The van der Waals surface area contributed by atoms with E-state index in [0.29, 0.717) is 0 Å². The molecular weight excluding hydrogens is 234 g/mol. The summed E-state index contributed by atoms with van der Waals surface area (Å²) in [7, 11) is 0. The Morgan fingerprint density at radius 3 is 2.38 bits per heavy atom. The molecule has 0 amide bonds. The summed E-state index contributed by atoms with van der Waals surface area (Å²) in [6.45, 7) is 0.880. The summed E-state index contributed by atoms with van der Waals surface area (Å²) in [6.07, 6.45) is 2.19. The monoisotopic (exact) mass is 245 g/mol. The first kappa shape index (κ1) is 11.8. The summed E-state index contributed by atoms with van der Waals surface area (Å²) in [4.78, 5) is 0. The molecule has 0 aliphatic carbocycles. The van der Waals surface area contributed by atoms with Crippen molar-refractivity contribution in [1.29, 1.82) is 0 Å². The fourth-order valence-electron chi connectivity index (χ4n) is 0.269. The Hall–Kier alpha value is 1.01. The molecule has 2 nitrogen and oxygen atoms in total. The van der Waals surface area contributed by atoms with E-state index in [2.05, 4.69) is 0 Å². The maximum Gasteiger partial charge on any atom is -0.412 e. The first-order chi connectivity index (χ1) is 3.41. The minimum absolute atomic E-state index is 0. The Morgan fingerprint density at radius 2 is 2.00 bits per heavy atom. The largest absolute Gasteiger partial charge is 0.412 e. The van der Waals surface area contributed by atoms with Crippen LogP contribution in [-0.4, -0.2) is 40.9 Å². The van der Waals surface area contributed by atoms with Gasteiger partial charge in [-0.15, -0.1) is 0 Å². The first-order valence-electron chi connectivity index (χ1n) is 2.26. The molecule has 49 valence electrons. The van der Waals surface area contributed by atoms with Crippen LogP contribution < -0.4 is 0 Å². The molecule has 0 aromatic heterocycles. The number of halogens is 1. The van der Waals surface area contributed by atoms with Crippen molar-refractivity contribution in [3.8, 4) is 0 Å². The summed E-state index contributed by atoms with van der Waals surface area (Å²) in [5, 5.41) is 0. The molecule has 0 saturated carbocycles. The fourth-order valence-corrected chi connectivity index (χ4v) is 0.870. The fraction of sp³-hybridized carbons (Fsp3) is 1.00. The smallest absolute Gasteiger partial charge is 0.412 e. The van der Waals surface area contributed by atoms with Gasteiger partial charge in [0.1, 0.15) is 0 Å². The van der Waals surface area contributed by atoms with Crippen LogP contribution in [0.2, 0.25) is 0 Å². The van der Waals surface area contributed by atoms with Crippen LogP contribution in [0.5, 0.6) is 0 Å². The van der Waals surface area contributed by atoms with Crippen LogP contribution in [0, 0.1) is 0 Å². The van der Waals surface area contributed by atoms with Gasteiger partial charge in [0.15, 0.2) is 0 Å². The zero-order chi connectivity index (χ0) is 5.54. The molecule has 0 heterocycles. The zero-order valence-electron chi connectivity index (χ0n) is 4.61. The van der Waals surface area contributed by atoms with Crippen molar-refractivity contribution in [3.05, 3.63) is 0 Å². The van der Waals surface area contributed by atoms with Gasteiger partial charge in [-0.25, -0.2) is 0 Å². The van der Waals surface area contributed by atoms with Crippen molar-refractivity contribution in [3.63, 3.8) is 0 Å². The summed E-state index contributed by atoms with van der Waals surface area (Å²) in [6, 6.07) is 0.